The summed E-state index contributed by atoms with van der Waals surface area (Å²) in [5.41, 5.74) is 2.02. The predicted molar refractivity (Wildman–Crippen MR) is 94.7 cm³/mol. The summed E-state index contributed by atoms with van der Waals surface area (Å²) in [4.78, 5) is 14.2. The molecule has 5 nitrogen and oxygen atoms in total. The van der Waals surface area contributed by atoms with Gasteiger partial charge in [-0.2, -0.15) is 0 Å². The molecule has 1 fully saturated rings. The molecule has 0 unspecified atom stereocenters. The molecule has 1 saturated heterocycles. The molecular weight excluding hydrogens is 340 g/mol. The van der Waals surface area contributed by atoms with E-state index >= 15 is 0 Å². The molecule has 130 valence electrons. The third-order valence-electron chi connectivity index (χ3n) is 4.59. The van der Waals surface area contributed by atoms with Gasteiger partial charge in [0.05, 0.1) is 0 Å². The van der Waals surface area contributed by atoms with E-state index in [2.05, 4.69) is 5.32 Å². The van der Waals surface area contributed by atoms with Gasteiger partial charge in [0.15, 0.2) is 11.5 Å². The van der Waals surface area contributed by atoms with Gasteiger partial charge < -0.3 is 19.7 Å². The fraction of sp³-hybridized carbons (Fsp3) is 0.316. The minimum absolute atomic E-state index is 0.119. The first-order valence-electron chi connectivity index (χ1n) is 8.33. The van der Waals surface area contributed by atoms with Crippen molar-refractivity contribution in [3.8, 4) is 11.5 Å². The number of hydrogen-bond acceptors (Lipinski definition) is 4. The lowest BCUT2D eigenvalue weighted by Gasteiger charge is -2.18. The molecule has 2 heterocycles. The van der Waals surface area contributed by atoms with E-state index in [-0.39, 0.29) is 18.7 Å². The number of halogens is 1. The zero-order valence-electron chi connectivity index (χ0n) is 13.7. The van der Waals surface area contributed by atoms with Gasteiger partial charge in [-0.3, -0.25) is 4.79 Å². The molecule has 4 rings (SSSR count). The van der Waals surface area contributed by atoms with Gasteiger partial charge in [0, 0.05) is 42.7 Å². The molecule has 1 amide bonds. The lowest BCUT2D eigenvalue weighted by Crippen LogP contribution is -2.32. The van der Waals surface area contributed by atoms with E-state index in [1.807, 2.05) is 47.4 Å². The average Bonchev–Trinajstić information content (AvgIpc) is 3.22. The SMILES string of the molecule is O=C1C[C@@H](NCc2cccc3c2OCO3)CN1Cc1ccccc1Cl. The van der Waals surface area contributed by atoms with Gasteiger partial charge in [-0.05, 0) is 17.7 Å². The summed E-state index contributed by atoms with van der Waals surface area (Å²) in [5, 5.41) is 4.16. The normalized spacial score (nSPS) is 18.8. The van der Waals surface area contributed by atoms with E-state index in [1.165, 1.54) is 0 Å². The molecule has 25 heavy (non-hydrogen) atoms. The molecule has 2 aromatic carbocycles. The topological polar surface area (TPSA) is 50.8 Å². The molecule has 1 N–H and O–H groups in total. The third-order valence-corrected chi connectivity index (χ3v) is 4.96. The predicted octanol–water partition coefficient (Wildman–Crippen LogP) is 2.96. The van der Waals surface area contributed by atoms with Crippen molar-refractivity contribution < 1.29 is 14.3 Å². The minimum Gasteiger partial charge on any atom is -0.454 e. The number of nitrogens with zero attached hydrogens (tertiary/aromatic N) is 1. The number of para-hydroxylation sites is 1. The van der Waals surface area contributed by atoms with Crippen LogP contribution < -0.4 is 14.8 Å². The Bertz CT molecular complexity index is 796. The van der Waals surface area contributed by atoms with Crippen molar-refractivity contribution in [3.05, 3.63) is 58.6 Å². The maximum Gasteiger partial charge on any atom is 0.231 e. The number of rotatable bonds is 5. The molecule has 0 aliphatic carbocycles. The fourth-order valence-electron chi connectivity index (χ4n) is 3.28. The van der Waals surface area contributed by atoms with Crippen LogP contribution in [0.1, 0.15) is 17.5 Å². The first kappa shape index (κ1) is 16.2. The van der Waals surface area contributed by atoms with Crippen LogP contribution in [0.25, 0.3) is 0 Å². The van der Waals surface area contributed by atoms with Gasteiger partial charge in [-0.15, -0.1) is 0 Å². The lowest BCUT2D eigenvalue weighted by atomic mass is 10.1. The van der Waals surface area contributed by atoms with Crippen molar-refractivity contribution in [3.63, 3.8) is 0 Å². The Hall–Kier alpha value is -2.24. The number of amides is 1. The summed E-state index contributed by atoms with van der Waals surface area (Å²) in [5.74, 6) is 1.73. The van der Waals surface area contributed by atoms with Crippen molar-refractivity contribution in [2.75, 3.05) is 13.3 Å². The number of carbonyl (C=O) groups excluding carboxylic acids is 1. The molecule has 2 aromatic rings. The van der Waals surface area contributed by atoms with Crippen LogP contribution in [0, 0.1) is 0 Å². The molecule has 0 bridgehead atoms. The summed E-state index contributed by atoms with van der Waals surface area (Å²) < 4.78 is 10.9. The molecule has 0 aromatic heterocycles. The second kappa shape index (κ2) is 6.94. The first-order chi connectivity index (χ1) is 12.2. The number of ether oxygens (including phenoxy) is 2. The highest BCUT2D eigenvalue weighted by Gasteiger charge is 2.30. The second-order valence-corrected chi connectivity index (χ2v) is 6.71. The van der Waals surface area contributed by atoms with Crippen LogP contribution in [0.5, 0.6) is 11.5 Å². The van der Waals surface area contributed by atoms with Crippen molar-refractivity contribution in [1.29, 1.82) is 0 Å². The van der Waals surface area contributed by atoms with E-state index in [9.17, 15) is 4.79 Å². The van der Waals surface area contributed by atoms with Gasteiger partial charge in [0.1, 0.15) is 0 Å². The van der Waals surface area contributed by atoms with Crippen molar-refractivity contribution in [2.24, 2.45) is 0 Å². The largest absolute Gasteiger partial charge is 0.454 e. The number of carbonyl (C=O) groups is 1. The molecule has 0 saturated carbocycles. The van der Waals surface area contributed by atoms with Gasteiger partial charge in [0.2, 0.25) is 12.7 Å². The van der Waals surface area contributed by atoms with Gasteiger partial charge in [-0.25, -0.2) is 0 Å². The number of benzene rings is 2. The summed E-state index contributed by atoms with van der Waals surface area (Å²) in [7, 11) is 0. The maximum atomic E-state index is 12.3. The molecule has 2 aliphatic heterocycles. The van der Waals surface area contributed by atoms with E-state index in [0.29, 0.717) is 31.1 Å². The number of hydrogen-bond donors (Lipinski definition) is 1. The summed E-state index contributed by atoms with van der Waals surface area (Å²) >= 11 is 6.20. The monoisotopic (exact) mass is 358 g/mol. The zero-order chi connectivity index (χ0) is 17.2. The van der Waals surface area contributed by atoms with E-state index in [4.69, 9.17) is 21.1 Å². The van der Waals surface area contributed by atoms with Gasteiger partial charge in [-0.1, -0.05) is 41.9 Å². The van der Waals surface area contributed by atoms with Crippen molar-refractivity contribution in [1.82, 2.24) is 10.2 Å². The van der Waals surface area contributed by atoms with Crippen LogP contribution in [0.15, 0.2) is 42.5 Å². The molecule has 6 heteroatoms. The Kier molecular flexibility index (Phi) is 4.51. The average molecular weight is 359 g/mol. The zero-order valence-corrected chi connectivity index (χ0v) is 14.5. The number of nitrogens with one attached hydrogen (secondary N) is 1. The Morgan fingerprint density at radius 1 is 1.12 bits per heavy atom. The smallest absolute Gasteiger partial charge is 0.231 e. The lowest BCUT2D eigenvalue weighted by molar-refractivity contribution is -0.128. The highest BCUT2D eigenvalue weighted by molar-refractivity contribution is 6.31. The van der Waals surface area contributed by atoms with Crippen LogP contribution in [0.4, 0.5) is 0 Å². The first-order valence-corrected chi connectivity index (χ1v) is 8.70. The van der Waals surface area contributed by atoms with Crippen LogP contribution in [-0.4, -0.2) is 30.2 Å². The van der Waals surface area contributed by atoms with Crippen LogP contribution in [0.3, 0.4) is 0 Å². The number of likely N-dealkylation sites (tertiary alicyclic amines) is 1. The van der Waals surface area contributed by atoms with Crippen LogP contribution in [-0.2, 0) is 17.9 Å². The highest BCUT2D eigenvalue weighted by atomic mass is 35.5. The Morgan fingerprint density at radius 3 is 2.84 bits per heavy atom. The molecule has 0 radical (unpaired) electrons. The molecule has 2 aliphatic rings. The Morgan fingerprint density at radius 2 is 1.96 bits per heavy atom. The summed E-state index contributed by atoms with van der Waals surface area (Å²) in [6.07, 6.45) is 0.497. The quantitative estimate of drug-likeness (QED) is 0.892. The minimum atomic E-state index is 0.119. The number of fused-ring (bicyclic) bond motifs is 1. The molecule has 0 spiro atoms. The maximum absolute atomic E-state index is 12.3. The Labute approximate surface area is 151 Å². The van der Waals surface area contributed by atoms with Crippen LogP contribution in [0.2, 0.25) is 5.02 Å². The van der Waals surface area contributed by atoms with Crippen molar-refractivity contribution >= 4 is 17.5 Å². The summed E-state index contributed by atoms with van der Waals surface area (Å²) in [6, 6.07) is 13.6. The second-order valence-electron chi connectivity index (χ2n) is 6.30. The van der Waals surface area contributed by atoms with E-state index in [0.717, 1.165) is 22.6 Å². The molecular formula is C19H19ClN2O3. The third kappa shape index (κ3) is 3.43. The molecule has 1 atom stereocenters. The highest BCUT2D eigenvalue weighted by Crippen LogP contribution is 2.35. The van der Waals surface area contributed by atoms with Gasteiger partial charge in [0.25, 0.3) is 0 Å². The van der Waals surface area contributed by atoms with Gasteiger partial charge >= 0.3 is 0 Å². The van der Waals surface area contributed by atoms with E-state index < -0.39 is 0 Å². The Balaban J connectivity index is 1.37. The standard InChI is InChI=1S/C19H19ClN2O3/c20-16-6-2-1-4-14(16)10-22-11-15(8-18(22)23)21-9-13-5-3-7-17-19(13)25-12-24-17/h1-7,15,21H,8-12H2/t15-/m1/s1. The fourth-order valence-corrected chi connectivity index (χ4v) is 3.47. The van der Waals surface area contributed by atoms with Crippen LogP contribution >= 0.6 is 11.6 Å². The summed E-state index contributed by atoms with van der Waals surface area (Å²) in [6.45, 7) is 2.13. The van der Waals surface area contributed by atoms with E-state index in [1.54, 1.807) is 0 Å². The van der Waals surface area contributed by atoms with Crippen molar-refractivity contribution in [2.45, 2.75) is 25.6 Å².